The van der Waals surface area contributed by atoms with Crippen molar-refractivity contribution in [1.82, 2.24) is 5.32 Å². The van der Waals surface area contributed by atoms with Crippen molar-refractivity contribution >= 4 is 29.0 Å². The van der Waals surface area contributed by atoms with Crippen LogP contribution in [0.5, 0.6) is 11.5 Å². The molecular formula is C23H21NO5S. The van der Waals surface area contributed by atoms with E-state index in [1.165, 1.54) is 25.2 Å². The number of amides is 1. The monoisotopic (exact) mass is 423 g/mol. The van der Waals surface area contributed by atoms with Crippen molar-refractivity contribution in [3.05, 3.63) is 82.0 Å². The molecule has 3 aromatic rings. The maximum absolute atomic E-state index is 12.6. The van der Waals surface area contributed by atoms with E-state index in [1.807, 2.05) is 30.3 Å². The van der Waals surface area contributed by atoms with Gasteiger partial charge < -0.3 is 14.8 Å². The number of thiophene rings is 1. The Labute approximate surface area is 178 Å². The van der Waals surface area contributed by atoms with Gasteiger partial charge in [-0.25, -0.2) is 4.79 Å². The summed E-state index contributed by atoms with van der Waals surface area (Å²) >= 11 is 1.26. The van der Waals surface area contributed by atoms with Gasteiger partial charge in [-0.15, -0.1) is 11.3 Å². The highest BCUT2D eigenvalue weighted by atomic mass is 32.1. The number of Topliss-reactive ketones (excluding diaryl/α,β-unsaturated/α-hetero) is 1. The van der Waals surface area contributed by atoms with Gasteiger partial charge >= 0.3 is 5.97 Å². The first-order chi connectivity index (χ1) is 14.4. The molecule has 3 rings (SSSR count). The van der Waals surface area contributed by atoms with Crippen LogP contribution < -0.4 is 10.1 Å². The molecule has 1 amide bonds. The molecule has 30 heavy (non-hydrogen) atoms. The Balaban J connectivity index is 1.62. The predicted octanol–water partition coefficient (Wildman–Crippen LogP) is 4.60. The number of ether oxygens (including phenoxy) is 2. The summed E-state index contributed by atoms with van der Waals surface area (Å²) in [5.74, 6) is 0.107. The predicted molar refractivity (Wildman–Crippen MR) is 114 cm³/mol. The van der Waals surface area contributed by atoms with Crippen molar-refractivity contribution in [3.63, 3.8) is 0 Å². The van der Waals surface area contributed by atoms with E-state index in [9.17, 15) is 14.4 Å². The minimum absolute atomic E-state index is 0.142. The SMILES string of the molecule is CC(=O)NCc1ccc(C(=O)C(C)OC(=O)c2cccc(Oc3ccccc3)c2)s1. The number of ketones is 1. The Hall–Kier alpha value is -3.45. The van der Waals surface area contributed by atoms with Gasteiger partial charge in [0.05, 0.1) is 17.0 Å². The summed E-state index contributed by atoms with van der Waals surface area (Å²) in [6, 6.07) is 19.3. The molecule has 1 heterocycles. The van der Waals surface area contributed by atoms with Gasteiger partial charge in [-0.05, 0) is 49.4 Å². The van der Waals surface area contributed by atoms with E-state index in [0.29, 0.717) is 28.5 Å². The summed E-state index contributed by atoms with van der Waals surface area (Å²) in [5.41, 5.74) is 0.292. The van der Waals surface area contributed by atoms with Crippen LogP contribution in [0.15, 0.2) is 66.7 Å². The number of carbonyl (C=O) groups excluding carboxylic acids is 3. The van der Waals surface area contributed by atoms with Crippen molar-refractivity contribution in [2.24, 2.45) is 0 Å². The molecule has 154 valence electrons. The summed E-state index contributed by atoms with van der Waals surface area (Å²) in [5, 5.41) is 2.68. The Bertz CT molecular complexity index is 1040. The van der Waals surface area contributed by atoms with Crippen molar-refractivity contribution in [1.29, 1.82) is 0 Å². The van der Waals surface area contributed by atoms with E-state index in [1.54, 1.807) is 36.4 Å². The van der Waals surface area contributed by atoms with Crippen LogP contribution in [-0.4, -0.2) is 23.8 Å². The fraction of sp³-hybridized carbons (Fsp3) is 0.174. The third-order valence-corrected chi connectivity index (χ3v) is 5.22. The lowest BCUT2D eigenvalue weighted by molar-refractivity contribution is -0.119. The van der Waals surface area contributed by atoms with Crippen molar-refractivity contribution in [2.45, 2.75) is 26.5 Å². The summed E-state index contributed by atoms with van der Waals surface area (Å²) in [4.78, 5) is 37.4. The van der Waals surface area contributed by atoms with Crippen LogP contribution in [0, 0.1) is 0 Å². The van der Waals surface area contributed by atoms with Crippen LogP contribution in [0.4, 0.5) is 0 Å². The average molecular weight is 423 g/mol. The molecule has 0 saturated heterocycles. The largest absolute Gasteiger partial charge is 0.457 e. The van der Waals surface area contributed by atoms with Crippen molar-refractivity contribution in [2.75, 3.05) is 0 Å². The lowest BCUT2D eigenvalue weighted by Gasteiger charge is -2.12. The van der Waals surface area contributed by atoms with E-state index >= 15 is 0 Å². The first-order valence-corrected chi connectivity index (χ1v) is 10.2. The maximum atomic E-state index is 12.6. The molecule has 1 N–H and O–H groups in total. The molecule has 0 aliphatic rings. The van der Waals surface area contributed by atoms with Gasteiger partial charge in [0.25, 0.3) is 0 Å². The average Bonchev–Trinajstić information content (AvgIpc) is 3.21. The van der Waals surface area contributed by atoms with Gasteiger partial charge in [0.15, 0.2) is 6.10 Å². The highest BCUT2D eigenvalue weighted by Gasteiger charge is 2.22. The van der Waals surface area contributed by atoms with E-state index < -0.39 is 12.1 Å². The highest BCUT2D eigenvalue weighted by Crippen LogP contribution is 2.23. The van der Waals surface area contributed by atoms with Crippen LogP contribution in [0.2, 0.25) is 0 Å². The molecule has 0 bridgehead atoms. The zero-order chi connectivity index (χ0) is 21.5. The summed E-state index contributed by atoms with van der Waals surface area (Å²) in [6.45, 7) is 3.33. The molecule has 0 saturated carbocycles. The van der Waals surface area contributed by atoms with Crippen LogP contribution in [0.1, 0.15) is 38.8 Å². The molecule has 1 unspecified atom stereocenters. The smallest absolute Gasteiger partial charge is 0.338 e. The molecule has 6 nitrogen and oxygen atoms in total. The molecular weight excluding hydrogens is 402 g/mol. The molecule has 0 aliphatic heterocycles. The molecule has 0 spiro atoms. The number of carbonyl (C=O) groups is 3. The lowest BCUT2D eigenvalue weighted by Crippen LogP contribution is -2.23. The second-order valence-corrected chi connectivity index (χ2v) is 7.70. The highest BCUT2D eigenvalue weighted by molar-refractivity contribution is 7.14. The van der Waals surface area contributed by atoms with Crippen LogP contribution >= 0.6 is 11.3 Å². The topological polar surface area (TPSA) is 81.7 Å². The summed E-state index contributed by atoms with van der Waals surface area (Å²) < 4.78 is 11.1. The Morgan fingerprint density at radius 1 is 0.967 bits per heavy atom. The number of nitrogens with one attached hydrogen (secondary N) is 1. The van der Waals surface area contributed by atoms with Gasteiger partial charge in [0.2, 0.25) is 11.7 Å². The standard InChI is InChI=1S/C23H21NO5S/c1-15(22(26)21-12-11-20(30-21)14-24-16(2)25)28-23(27)17-7-6-10-19(13-17)29-18-8-4-3-5-9-18/h3-13,15H,14H2,1-2H3,(H,24,25). The number of rotatable bonds is 8. The third-order valence-electron chi connectivity index (χ3n) is 4.12. The van der Waals surface area contributed by atoms with Gasteiger partial charge in [-0.3, -0.25) is 9.59 Å². The maximum Gasteiger partial charge on any atom is 0.338 e. The van der Waals surface area contributed by atoms with Gasteiger partial charge in [0, 0.05) is 11.8 Å². The minimum atomic E-state index is -0.941. The van der Waals surface area contributed by atoms with E-state index in [2.05, 4.69) is 5.32 Å². The van der Waals surface area contributed by atoms with Crippen LogP contribution in [0.3, 0.4) is 0 Å². The molecule has 7 heteroatoms. The fourth-order valence-electron chi connectivity index (χ4n) is 2.61. The van der Waals surface area contributed by atoms with Gasteiger partial charge in [-0.2, -0.15) is 0 Å². The first-order valence-electron chi connectivity index (χ1n) is 9.33. The third kappa shape index (κ3) is 5.78. The first kappa shape index (κ1) is 21.3. The second kappa shape index (κ2) is 9.84. The Kier molecular flexibility index (Phi) is 6.98. The molecule has 2 aromatic carbocycles. The Morgan fingerprint density at radius 2 is 1.70 bits per heavy atom. The molecule has 1 aromatic heterocycles. The second-order valence-electron chi connectivity index (χ2n) is 6.53. The number of para-hydroxylation sites is 1. The number of hydrogen-bond acceptors (Lipinski definition) is 6. The minimum Gasteiger partial charge on any atom is -0.457 e. The van der Waals surface area contributed by atoms with Crippen molar-refractivity contribution < 1.29 is 23.9 Å². The lowest BCUT2D eigenvalue weighted by atomic mass is 10.2. The zero-order valence-electron chi connectivity index (χ0n) is 16.6. The van der Waals surface area contributed by atoms with Crippen LogP contribution in [-0.2, 0) is 16.1 Å². The number of hydrogen-bond donors (Lipinski definition) is 1. The van der Waals surface area contributed by atoms with Gasteiger partial charge in [0.1, 0.15) is 11.5 Å². The molecule has 0 aliphatic carbocycles. The summed E-state index contributed by atoms with van der Waals surface area (Å²) in [7, 11) is 0. The molecule has 0 fully saturated rings. The normalized spacial score (nSPS) is 11.4. The van der Waals surface area contributed by atoms with Gasteiger partial charge in [-0.1, -0.05) is 24.3 Å². The van der Waals surface area contributed by atoms with Crippen LogP contribution in [0.25, 0.3) is 0 Å². The quantitative estimate of drug-likeness (QED) is 0.423. The fourth-order valence-corrected chi connectivity index (χ4v) is 3.58. The summed E-state index contributed by atoms with van der Waals surface area (Å²) in [6.07, 6.45) is -0.941. The number of benzene rings is 2. The zero-order valence-corrected chi connectivity index (χ0v) is 17.4. The van der Waals surface area contributed by atoms with E-state index in [4.69, 9.17) is 9.47 Å². The van der Waals surface area contributed by atoms with Crippen molar-refractivity contribution in [3.8, 4) is 11.5 Å². The van der Waals surface area contributed by atoms with E-state index in [0.717, 1.165) is 4.88 Å². The number of esters is 1. The Morgan fingerprint density at radius 3 is 2.43 bits per heavy atom. The van der Waals surface area contributed by atoms with E-state index in [-0.39, 0.29) is 11.7 Å². The molecule has 0 radical (unpaired) electrons. The molecule has 1 atom stereocenters.